The highest BCUT2D eigenvalue weighted by molar-refractivity contribution is 9.10. The minimum atomic E-state index is -0.482. The highest BCUT2D eigenvalue weighted by Crippen LogP contribution is 2.17. The van der Waals surface area contributed by atoms with E-state index in [-0.39, 0.29) is 5.56 Å². The molecule has 1 amide bonds. The van der Waals surface area contributed by atoms with Crippen LogP contribution < -0.4 is 5.32 Å². The Morgan fingerprint density at radius 3 is 2.67 bits per heavy atom. The van der Waals surface area contributed by atoms with E-state index in [1.807, 2.05) is 0 Å². The van der Waals surface area contributed by atoms with Crippen molar-refractivity contribution >= 4 is 43.6 Å². The molecule has 0 saturated heterocycles. The fourth-order valence-electron chi connectivity index (χ4n) is 1.30. The van der Waals surface area contributed by atoms with E-state index in [4.69, 9.17) is 0 Å². The van der Waals surface area contributed by atoms with Crippen LogP contribution in [-0.4, -0.2) is 10.9 Å². The van der Waals surface area contributed by atoms with Crippen molar-refractivity contribution in [3.05, 3.63) is 56.9 Å². The van der Waals surface area contributed by atoms with Gasteiger partial charge in [-0.1, -0.05) is 6.07 Å². The van der Waals surface area contributed by atoms with E-state index in [1.165, 1.54) is 12.1 Å². The van der Waals surface area contributed by atoms with Gasteiger partial charge >= 0.3 is 0 Å². The van der Waals surface area contributed by atoms with E-state index in [0.29, 0.717) is 14.9 Å². The molecule has 1 aromatic heterocycles. The molecule has 1 heterocycles. The summed E-state index contributed by atoms with van der Waals surface area (Å²) in [6.07, 6.45) is 0. The van der Waals surface area contributed by atoms with Gasteiger partial charge in [-0.05, 0) is 62.2 Å². The van der Waals surface area contributed by atoms with Crippen LogP contribution in [0.3, 0.4) is 0 Å². The minimum Gasteiger partial charge on any atom is -0.307 e. The summed E-state index contributed by atoms with van der Waals surface area (Å²) in [6, 6.07) is 9.32. The van der Waals surface area contributed by atoms with Gasteiger partial charge in [-0.15, -0.1) is 0 Å². The average molecular weight is 374 g/mol. The number of carbonyl (C=O) groups is 1. The molecule has 3 nitrogen and oxygen atoms in total. The lowest BCUT2D eigenvalue weighted by Crippen LogP contribution is -2.13. The molecule has 0 aliphatic heterocycles. The minimum absolute atomic E-state index is 0.234. The summed E-state index contributed by atoms with van der Waals surface area (Å²) in [5.41, 5.74) is 0.234. The molecule has 0 aliphatic carbocycles. The van der Waals surface area contributed by atoms with Crippen LogP contribution in [-0.2, 0) is 0 Å². The molecule has 0 spiro atoms. The van der Waals surface area contributed by atoms with Gasteiger partial charge in [0.15, 0.2) is 0 Å². The lowest BCUT2D eigenvalue weighted by Gasteiger charge is -2.05. The van der Waals surface area contributed by atoms with E-state index >= 15 is 0 Å². The molecule has 0 bridgehead atoms. The zero-order valence-corrected chi connectivity index (χ0v) is 12.1. The number of hydrogen-bond donors (Lipinski definition) is 1. The molecular weight excluding hydrogens is 367 g/mol. The first-order valence-electron chi connectivity index (χ1n) is 4.95. The van der Waals surface area contributed by atoms with Gasteiger partial charge in [0.2, 0.25) is 0 Å². The number of pyridine rings is 1. The van der Waals surface area contributed by atoms with E-state index in [2.05, 4.69) is 42.2 Å². The summed E-state index contributed by atoms with van der Waals surface area (Å²) in [7, 11) is 0. The average Bonchev–Trinajstić information content (AvgIpc) is 2.32. The van der Waals surface area contributed by atoms with Crippen molar-refractivity contribution in [1.29, 1.82) is 0 Å². The van der Waals surface area contributed by atoms with Gasteiger partial charge in [-0.3, -0.25) is 4.79 Å². The fourth-order valence-corrected chi connectivity index (χ4v) is 1.89. The van der Waals surface area contributed by atoms with Gasteiger partial charge in [0.25, 0.3) is 5.91 Å². The Balaban J connectivity index is 2.19. The molecule has 0 atom stereocenters. The molecule has 0 radical (unpaired) electrons. The first kappa shape index (κ1) is 13.2. The number of anilines is 1. The predicted molar refractivity (Wildman–Crippen MR) is 74.0 cm³/mol. The number of amides is 1. The maximum absolute atomic E-state index is 13.3. The number of nitrogens with one attached hydrogen (secondary N) is 1. The molecule has 18 heavy (non-hydrogen) atoms. The Hall–Kier alpha value is -1.27. The number of halogens is 3. The van der Waals surface area contributed by atoms with Crippen molar-refractivity contribution in [2.45, 2.75) is 0 Å². The maximum Gasteiger partial charge on any atom is 0.256 e. The van der Waals surface area contributed by atoms with E-state index in [9.17, 15) is 9.18 Å². The molecule has 2 aromatic rings. The third kappa shape index (κ3) is 3.14. The van der Waals surface area contributed by atoms with E-state index in [0.717, 1.165) is 6.07 Å². The maximum atomic E-state index is 13.3. The van der Waals surface area contributed by atoms with Crippen LogP contribution in [0.2, 0.25) is 0 Å². The summed E-state index contributed by atoms with van der Waals surface area (Å²) in [5, 5.41) is 2.58. The number of aromatic nitrogens is 1. The van der Waals surface area contributed by atoms with E-state index < -0.39 is 11.7 Å². The van der Waals surface area contributed by atoms with Crippen LogP contribution in [0.4, 0.5) is 10.2 Å². The molecule has 0 unspecified atom stereocenters. The monoisotopic (exact) mass is 372 g/mol. The zero-order valence-electron chi connectivity index (χ0n) is 8.95. The smallest absolute Gasteiger partial charge is 0.256 e. The number of carbonyl (C=O) groups excluding carboxylic acids is 1. The van der Waals surface area contributed by atoms with Crippen LogP contribution >= 0.6 is 31.9 Å². The summed E-state index contributed by atoms with van der Waals surface area (Å²) in [5.74, 6) is -0.491. The molecule has 0 fully saturated rings. The van der Waals surface area contributed by atoms with Crippen LogP contribution in [0.25, 0.3) is 0 Å². The van der Waals surface area contributed by atoms with Crippen molar-refractivity contribution in [3.8, 4) is 0 Å². The van der Waals surface area contributed by atoms with Crippen molar-refractivity contribution < 1.29 is 9.18 Å². The fraction of sp³-hybridized carbons (Fsp3) is 0. The van der Waals surface area contributed by atoms with Crippen molar-refractivity contribution in [2.24, 2.45) is 0 Å². The standard InChI is InChI=1S/C12H7Br2FN2O/c13-8-5-4-7(6-9(8)15)12(18)17-11-3-1-2-10(14)16-11/h1-6H,(H,16,17,18). The first-order chi connectivity index (χ1) is 8.56. The lowest BCUT2D eigenvalue weighted by molar-refractivity contribution is 0.102. The molecule has 1 N–H and O–H groups in total. The molecule has 92 valence electrons. The van der Waals surface area contributed by atoms with Crippen LogP contribution in [0.5, 0.6) is 0 Å². The molecule has 1 aromatic carbocycles. The third-order valence-corrected chi connectivity index (χ3v) is 3.22. The lowest BCUT2D eigenvalue weighted by atomic mass is 10.2. The number of hydrogen-bond acceptors (Lipinski definition) is 2. The number of rotatable bonds is 2. The Kier molecular flexibility index (Phi) is 4.08. The number of benzene rings is 1. The second kappa shape index (κ2) is 5.58. The van der Waals surface area contributed by atoms with Crippen molar-refractivity contribution in [2.75, 3.05) is 5.32 Å². The molecule has 0 aliphatic rings. The molecule has 6 heteroatoms. The second-order valence-electron chi connectivity index (χ2n) is 3.43. The normalized spacial score (nSPS) is 10.2. The Morgan fingerprint density at radius 2 is 2.00 bits per heavy atom. The van der Waals surface area contributed by atoms with Crippen molar-refractivity contribution in [1.82, 2.24) is 4.98 Å². The Morgan fingerprint density at radius 1 is 1.22 bits per heavy atom. The number of nitrogens with zero attached hydrogens (tertiary/aromatic N) is 1. The summed E-state index contributed by atoms with van der Waals surface area (Å²) >= 11 is 6.23. The molecular formula is C12H7Br2FN2O. The van der Waals surface area contributed by atoms with Crippen LogP contribution in [0.15, 0.2) is 45.5 Å². The third-order valence-electron chi connectivity index (χ3n) is 2.14. The zero-order chi connectivity index (χ0) is 13.1. The van der Waals surface area contributed by atoms with Gasteiger partial charge in [0, 0.05) is 5.56 Å². The van der Waals surface area contributed by atoms with E-state index in [1.54, 1.807) is 18.2 Å². The highest BCUT2D eigenvalue weighted by Gasteiger charge is 2.09. The van der Waals surface area contributed by atoms with Crippen LogP contribution in [0, 0.1) is 5.82 Å². The van der Waals surface area contributed by atoms with Gasteiger partial charge in [-0.25, -0.2) is 9.37 Å². The summed E-state index contributed by atoms with van der Waals surface area (Å²) < 4.78 is 14.2. The topological polar surface area (TPSA) is 42.0 Å². The molecule has 0 saturated carbocycles. The highest BCUT2D eigenvalue weighted by atomic mass is 79.9. The SMILES string of the molecule is O=C(Nc1cccc(Br)n1)c1ccc(Br)c(F)c1. The summed E-state index contributed by atoms with van der Waals surface area (Å²) in [6.45, 7) is 0. The van der Waals surface area contributed by atoms with Crippen LogP contribution in [0.1, 0.15) is 10.4 Å². The van der Waals surface area contributed by atoms with Gasteiger partial charge in [-0.2, -0.15) is 0 Å². The second-order valence-corrected chi connectivity index (χ2v) is 5.10. The first-order valence-corrected chi connectivity index (χ1v) is 6.54. The van der Waals surface area contributed by atoms with Gasteiger partial charge in [0.05, 0.1) is 4.47 Å². The Bertz CT molecular complexity index is 604. The largest absolute Gasteiger partial charge is 0.307 e. The molecule has 2 rings (SSSR count). The summed E-state index contributed by atoms with van der Waals surface area (Å²) in [4.78, 5) is 15.9. The predicted octanol–water partition coefficient (Wildman–Crippen LogP) is 4.00. The quantitative estimate of drug-likeness (QED) is 0.808. The van der Waals surface area contributed by atoms with Gasteiger partial charge < -0.3 is 5.32 Å². The van der Waals surface area contributed by atoms with Gasteiger partial charge in [0.1, 0.15) is 16.2 Å². The van der Waals surface area contributed by atoms with Crippen molar-refractivity contribution in [3.63, 3.8) is 0 Å². The Labute approximate surface area is 120 Å².